The van der Waals surface area contributed by atoms with Crippen molar-refractivity contribution in [1.82, 2.24) is 19.7 Å². The number of halogens is 1. The van der Waals surface area contributed by atoms with Gasteiger partial charge in [0.05, 0.1) is 16.6 Å². The number of aromatic amines is 1. The molecule has 0 bridgehead atoms. The van der Waals surface area contributed by atoms with Crippen molar-refractivity contribution >= 4 is 21.5 Å². The van der Waals surface area contributed by atoms with Crippen molar-refractivity contribution in [2.24, 2.45) is 0 Å². The molecule has 1 aliphatic heterocycles. The molecule has 0 spiro atoms. The smallest absolute Gasteiger partial charge is 0.282 e. The third-order valence-corrected chi connectivity index (χ3v) is 7.05. The Bertz CT molecular complexity index is 1250. The minimum absolute atomic E-state index is 0.00538. The Morgan fingerprint density at radius 2 is 2.14 bits per heavy atom. The minimum Gasteiger partial charge on any atom is -0.384 e. The average Bonchev–Trinajstić information content (AvgIpc) is 3.44. The number of fused-ring (bicyclic) bond motifs is 1. The molecule has 0 saturated heterocycles. The lowest BCUT2D eigenvalue weighted by Gasteiger charge is -2.09. The number of hydrogen-bond acceptors (Lipinski definition) is 6. The lowest BCUT2D eigenvalue weighted by atomic mass is 10.0. The van der Waals surface area contributed by atoms with Crippen molar-refractivity contribution in [1.29, 1.82) is 0 Å². The maximum atomic E-state index is 14.7. The third kappa shape index (κ3) is 3.06. The van der Waals surface area contributed by atoms with Gasteiger partial charge in [-0.2, -0.15) is 9.84 Å². The number of sulfonamides is 1. The largest absolute Gasteiger partial charge is 0.384 e. The van der Waals surface area contributed by atoms with Gasteiger partial charge >= 0.3 is 0 Å². The molecule has 1 saturated carbocycles. The maximum absolute atomic E-state index is 14.7. The molecular formula is C18H18FN5O4S. The molecular weight excluding hydrogens is 401 g/mol. The van der Waals surface area contributed by atoms with Gasteiger partial charge in [0.15, 0.2) is 11.6 Å². The van der Waals surface area contributed by atoms with Crippen LogP contribution < -0.4 is 15.6 Å². The average molecular weight is 419 g/mol. The second-order valence-corrected chi connectivity index (χ2v) is 9.03. The van der Waals surface area contributed by atoms with Gasteiger partial charge in [-0.1, -0.05) is 0 Å². The van der Waals surface area contributed by atoms with E-state index < -0.39 is 15.8 Å². The molecule has 2 aromatic heterocycles. The molecule has 11 heteroatoms. The molecule has 1 aliphatic carbocycles. The predicted octanol–water partition coefficient (Wildman–Crippen LogP) is 2.35. The number of anilines is 2. The van der Waals surface area contributed by atoms with E-state index in [9.17, 15) is 17.6 Å². The zero-order valence-electron chi connectivity index (χ0n) is 15.2. The molecule has 2 aliphatic rings. The summed E-state index contributed by atoms with van der Waals surface area (Å²) < 4.78 is 47.3. The molecule has 5 rings (SSSR count). The summed E-state index contributed by atoms with van der Waals surface area (Å²) in [6.45, 7) is -0.0690. The van der Waals surface area contributed by atoms with Gasteiger partial charge in [0.1, 0.15) is 6.26 Å². The van der Waals surface area contributed by atoms with E-state index in [1.165, 1.54) is 29.2 Å². The van der Waals surface area contributed by atoms with Crippen LogP contribution in [0.25, 0.3) is 0 Å². The summed E-state index contributed by atoms with van der Waals surface area (Å²) in [4.78, 5) is 11.7. The minimum atomic E-state index is -3.62. The summed E-state index contributed by atoms with van der Waals surface area (Å²) in [6, 6.07) is 5.98. The van der Waals surface area contributed by atoms with E-state index in [-0.39, 0.29) is 40.2 Å². The highest BCUT2D eigenvalue weighted by Crippen LogP contribution is 2.40. The number of rotatable bonds is 4. The highest BCUT2D eigenvalue weighted by molar-refractivity contribution is 7.89. The predicted molar refractivity (Wildman–Crippen MR) is 101 cm³/mol. The van der Waals surface area contributed by atoms with Crippen molar-refractivity contribution in [3.05, 3.63) is 58.0 Å². The first-order chi connectivity index (χ1) is 13.9. The van der Waals surface area contributed by atoms with Gasteiger partial charge in [0.2, 0.25) is 10.0 Å². The van der Waals surface area contributed by atoms with Gasteiger partial charge in [-0.25, -0.2) is 17.5 Å². The van der Waals surface area contributed by atoms with Crippen LogP contribution in [0.15, 0.2) is 44.7 Å². The standard InChI is InChI=1S/C18H18FN5O4S/c19-18-12-9-20-29(26,27)15(12)4-3-13(18)21-16-8-14(22-23-16)10-1-2-11(7-10)24-17(25)5-6-28-24/h3-6,8,10-11,20H,1-2,7,9H2,(H2,21,22,23)/t10-,11+/m1/s1. The van der Waals surface area contributed by atoms with E-state index in [0.717, 1.165) is 25.0 Å². The first kappa shape index (κ1) is 18.1. The molecule has 152 valence electrons. The Labute approximate surface area is 164 Å². The van der Waals surface area contributed by atoms with Gasteiger partial charge in [-0.3, -0.25) is 9.89 Å². The zero-order valence-corrected chi connectivity index (χ0v) is 16.0. The Balaban J connectivity index is 1.33. The fourth-order valence-electron chi connectivity index (χ4n) is 4.11. The summed E-state index contributed by atoms with van der Waals surface area (Å²) in [5, 5.41) is 10.1. The van der Waals surface area contributed by atoms with Crippen LogP contribution in [0, 0.1) is 5.82 Å². The van der Waals surface area contributed by atoms with Gasteiger partial charge in [0, 0.05) is 35.9 Å². The second-order valence-electron chi connectivity index (χ2n) is 7.30. The van der Waals surface area contributed by atoms with Crippen LogP contribution in [0.2, 0.25) is 0 Å². The van der Waals surface area contributed by atoms with Gasteiger partial charge in [0.25, 0.3) is 5.56 Å². The molecule has 2 atom stereocenters. The van der Waals surface area contributed by atoms with E-state index in [2.05, 4.69) is 20.2 Å². The molecule has 3 heterocycles. The Kier molecular flexibility index (Phi) is 4.10. The molecule has 1 aromatic carbocycles. The van der Waals surface area contributed by atoms with Gasteiger partial charge < -0.3 is 9.84 Å². The van der Waals surface area contributed by atoms with E-state index in [1.54, 1.807) is 6.07 Å². The molecule has 29 heavy (non-hydrogen) atoms. The zero-order chi connectivity index (χ0) is 20.2. The summed E-state index contributed by atoms with van der Waals surface area (Å²) in [7, 11) is -3.62. The first-order valence-electron chi connectivity index (χ1n) is 9.22. The molecule has 9 nitrogen and oxygen atoms in total. The van der Waals surface area contributed by atoms with Crippen LogP contribution in [-0.4, -0.2) is 23.4 Å². The monoisotopic (exact) mass is 419 g/mol. The summed E-state index contributed by atoms with van der Waals surface area (Å²) >= 11 is 0. The fourth-order valence-corrected chi connectivity index (χ4v) is 5.33. The summed E-state index contributed by atoms with van der Waals surface area (Å²) in [6.07, 6.45) is 3.82. The van der Waals surface area contributed by atoms with Crippen molar-refractivity contribution in [2.75, 3.05) is 5.32 Å². The van der Waals surface area contributed by atoms with Gasteiger partial charge in [-0.15, -0.1) is 0 Å². The highest BCUT2D eigenvalue weighted by atomic mass is 32.2. The van der Waals surface area contributed by atoms with Crippen molar-refractivity contribution in [2.45, 2.75) is 42.7 Å². The second kappa shape index (κ2) is 6.56. The van der Waals surface area contributed by atoms with E-state index in [1.807, 2.05) is 0 Å². The van der Waals surface area contributed by atoms with Crippen LogP contribution in [-0.2, 0) is 16.6 Å². The first-order valence-corrected chi connectivity index (χ1v) is 10.7. The SMILES string of the molecule is O=c1ccon1[C@H]1CC[C@@H](c2cc(Nc3ccc4c(c3F)CNS4(=O)=O)n[nH]2)C1. The van der Waals surface area contributed by atoms with Crippen LogP contribution in [0.5, 0.6) is 0 Å². The third-order valence-electron chi connectivity index (χ3n) is 5.57. The van der Waals surface area contributed by atoms with Gasteiger partial charge in [-0.05, 0) is 31.4 Å². The van der Waals surface area contributed by atoms with E-state index in [0.29, 0.717) is 5.82 Å². The lowest BCUT2D eigenvalue weighted by Crippen LogP contribution is -2.17. The summed E-state index contributed by atoms with van der Waals surface area (Å²) in [5.41, 5.74) is 1.02. The lowest BCUT2D eigenvalue weighted by molar-refractivity contribution is 0.211. The molecule has 3 N–H and O–H groups in total. The topological polar surface area (TPSA) is 122 Å². The van der Waals surface area contributed by atoms with Crippen LogP contribution >= 0.6 is 0 Å². The van der Waals surface area contributed by atoms with Crippen LogP contribution in [0.4, 0.5) is 15.9 Å². The van der Waals surface area contributed by atoms with E-state index in [4.69, 9.17) is 4.52 Å². The number of benzene rings is 1. The fraction of sp³-hybridized carbons (Fsp3) is 0.333. The molecule has 0 radical (unpaired) electrons. The summed E-state index contributed by atoms with van der Waals surface area (Å²) in [5.74, 6) is 0.00397. The molecule has 3 aromatic rings. The number of aromatic nitrogens is 3. The normalized spacial score (nSPS) is 22.7. The Hall–Kier alpha value is -2.92. The van der Waals surface area contributed by atoms with Crippen molar-refractivity contribution in [3.8, 4) is 0 Å². The number of nitrogens with zero attached hydrogens (tertiary/aromatic N) is 2. The molecule has 1 fully saturated rings. The maximum Gasteiger partial charge on any atom is 0.282 e. The number of H-pyrrole nitrogens is 1. The number of nitrogens with one attached hydrogen (secondary N) is 3. The van der Waals surface area contributed by atoms with Crippen molar-refractivity contribution < 1.29 is 17.3 Å². The van der Waals surface area contributed by atoms with Crippen molar-refractivity contribution in [3.63, 3.8) is 0 Å². The van der Waals surface area contributed by atoms with Crippen LogP contribution in [0.1, 0.15) is 42.5 Å². The number of hydrogen-bond donors (Lipinski definition) is 3. The molecule has 0 unspecified atom stereocenters. The van der Waals surface area contributed by atoms with E-state index >= 15 is 0 Å². The molecule has 0 amide bonds. The van der Waals surface area contributed by atoms with Crippen LogP contribution in [0.3, 0.4) is 0 Å². The Morgan fingerprint density at radius 1 is 1.28 bits per heavy atom. The Morgan fingerprint density at radius 3 is 2.93 bits per heavy atom. The quantitative estimate of drug-likeness (QED) is 0.597. The highest BCUT2D eigenvalue weighted by Gasteiger charge is 2.31.